The summed E-state index contributed by atoms with van der Waals surface area (Å²) in [6.45, 7) is 4.26. The molecule has 0 saturated carbocycles. The lowest BCUT2D eigenvalue weighted by Crippen LogP contribution is -2.29. The number of likely N-dealkylation sites (N-methyl/N-ethyl adjacent to an activating group) is 1. The van der Waals surface area contributed by atoms with E-state index in [1.165, 1.54) is 4.31 Å². The Labute approximate surface area is 150 Å². The monoisotopic (exact) mass is 363 g/mol. The molecule has 0 bridgehead atoms. The van der Waals surface area contributed by atoms with Gasteiger partial charge < -0.3 is 9.47 Å². The first-order valence-electron chi connectivity index (χ1n) is 8.04. The molecule has 136 valence electrons. The number of hydrogen-bond acceptors (Lipinski definition) is 4. The fourth-order valence-corrected chi connectivity index (χ4v) is 3.75. The first kappa shape index (κ1) is 19.3. The molecule has 0 radical (unpaired) electrons. The van der Waals surface area contributed by atoms with Crippen LogP contribution in [0.5, 0.6) is 11.5 Å². The molecule has 5 nitrogen and oxygen atoms in total. The van der Waals surface area contributed by atoms with E-state index >= 15 is 0 Å². The third-order valence-electron chi connectivity index (χ3n) is 4.35. The molecule has 2 aromatic carbocycles. The Morgan fingerprint density at radius 3 is 2.20 bits per heavy atom. The SMILES string of the molecule is COc1ccc(CCN(C)S(=O)(=O)c2ccc(C)c(C)c2)cc1OC. The molecule has 0 aliphatic carbocycles. The van der Waals surface area contributed by atoms with E-state index in [0.29, 0.717) is 29.4 Å². The summed E-state index contributed by atoms with van der Waals surface area (Å²) in [5.74, 6) is 1.29. The number of aryl methyl sites for hydroxylation is 2. The topological polar surface area (TPSA) is 55.8 Å². The molecule has 0 spiro atoms. The van der Waals surface area contributed by atoms with Crippen molar-refractivity contribution in [1.82, 2.24) is 4.31 Å². The Bertz CT molecular complexity index is 846. The van der Waals surface area contributed by atoms with Crippen LogP contribution in [0.15, 0.2) is 41.3 Å². The lowest BCUT2D eigenvalue weighted by Gasteiger charge is -2.18. The maximum absolute atomic E-state index is 12.7. The molecule has 0 N–H and O–H groups in total. The van der Waals surface area contributed by atoms with Crippen LogP contribution < -0.4 is 9.47 Å². The van der Waals surface area contributed by atoms with Crippen molar-refractivity contribution in [3.8, 4) is 11.5 Å². The molecule has 2 rings (SSSR count). The van der Waals surface area contributed by atoms with Crippen LogP contribution in [0.25, 0.3) is 0 Å². The highest BCUT2D eigenvalue weighted by atomic mass is 32.2. The molecule has 0 aromatic heterocycles. The molecule has 0 aliphatic rings. The quantitative estimate of drug-likeness (QED) is 0.758. The zero-order valence-corrected chi connectivity index (χ0v) is 16.2. The summed E-state index contributed by atoms with van der Waals surface area (Å²) in [7, 11) is 1.27. The van der Waals surface area contributed by atoms with E-state index in [1.54, 1.807) is 33.4 Å². The van der Waals surface area contributed by atoms with Gasteiger partial charge in [-0.25, -0.2) is 12.7 Å². The minimum atomic E-state index is -3.50. The number of nitrogens with zero attached hydrogens (tertiary/aromatic N) is 1. The van der Waals surface area contributed by atoms with Gasteiger partial charge in [-0.2, -0.15) is 0 Å². The minimum Gasteiger partial charge on any atom is -0.493 e. The highest BCUT2D eigenvalue weighted by Crippen LogP contribution is 2.28. The van der Waals surface area contributed by atoms with Crippen molar-refractivity contribution in [2.24, 2.45) is 0 Å². The zero-order valence-electron chi connectivity index (χ0n) is 15.4. The average molecular weight is 363 g/mol. The third-order valence-corrected chi connectivity index (χ3v) is 6.20. The average Bonchev–Trinajstić information content (AvgIpc) is 2.61. The molecule has 0 fully saturated rings. The zero-order chi connectivity index (χ0) is 18.6. The second-order valence-corrected chi connectivity index (χ2v) is 8.06. The predicted molar refractivity (Wildman–Crippen MR) is 99.0 cm³/mol. The van der Waals surface area contributed by atoms with Gasteiger partial charge in [0.05, 0.1) is 19.1 Å². The molecule has 0 unspecified atom stereocenters. The van der Waals surface area contributed by atoms with Gasteiger partial charge in [0.15, 0.2) is 11.5 Å². The van der Waals surface area contributed by atoms with Crippen molar-refractivity contribution in [2.45, 2.75) is 25.2 Å². The van der Waals surface area contributed by atoms with Crippen molar-refractivity contribution in [2.75, 3.05) is 27.8 Å². The number of ether oxygens (including phenoxy) is 2. The van der Waals surface area contributed by atoms with Crippen LogP contribution in [0.4, 0.5) is 0 Å². The molecular weight excluding hydrogens is 338 g/mol. The number of benzene rings is 2. The van der Waals surface area contributed by atoms with Gasteiger partial charge in [0.25, 0.3) is 0 Å². The fraction of sp³-hybridized carbons (Fsp3) is 0.368. The highest BCUT2D eigenvalue weighted by Gasteiger charge is 2.21. The first-order chi connectivity index (χ1) is 11.8. The number of rotatable bonds is 7. The minimum absolute atomic E-state index is 0.324. The van der Waals surface area contributed by atoms with E-state index in [2.05, 4.69) is 0 Å². The van der Waals surface area contributed by atoms with Crippen LogP contribution in [0.1, 0.15) is 16.7 Å². The van der Waals surface area contributed by atoms with Crippen LogP contribution in [-0.4, -0.2) is 40.5 Å². The lowest BCUT2D eigenvalue weighted by molar-refractivity contribution is 0.354. The van der Waals surface area contributed by atoms with E-state index < -0.39 is 10.0 Å². The summed E-state index contributed by atoms with van der Waals surface area (Å²) in [6.07, 6.45) is 0.584. The van der Waals surface area contributed by atoms with Crippen LogP contribution >= 0.6 is 0 Å². The normalized spacial score (nSPS) is 11.6. The van der Waals surface area contributed by atoms with Gasteiger partial charge >= 0.3 is 0 Å². The molecular formula is C19H25NO4S. The Balaban J connectivity index is 2.13. The van der Waals surface area contributed by atoms with Crippen molar-refractivity contribution in [3.63, 3.8) is 0 Å². The first-order valence-corrected chi connectivity index (χ1v) is 9.48. The molecule has 25 heavy (non-hydrogen) atoms. The number of hydrogen-bond donors (Lipinski definition) is 0. The standard InChI is InChI=1S/C19H25NO4S/c1-14-6-8-17(12-15(14)2)25(21,22)20(3)11-10-16-7-9-18(23-4)19(13-16)24-5/h6-9,12-13H,10-11H2,1-5H3. The van der Waals surface area contributed by atoms with E-state index in [1.807, 2.05) is 38.1 Å². The Morgan fingerprint density at radius 1 is 0.920 bits per heavy atom. The van der Waals surface area contributed by atoms with Crippen molar-refractivity contribution in [1.29, 1.82) is 0 Å². The molecule has 0 heterocycles. The fourth-order valence-electron chi connectivity index (χ4n) is 2.50. The van der Waals surface area contributed by atoms with Crippen LogP contribution in [-0.2, 0) is 16.4 Å². The second-order valence-electron chi connectivity index (χ2n) is 6.01. The van der Waals surface area contributed by atoms with E-state index in [9.17, 15) is 8.42 Å². The van der Waals surface area contributed by atoms with Crippen LogP contribution in [0, 0.1) is 13.8 Å². The Hall–Kier alpha value is -2.05. The van der Waals surface area contributed by atoms with Crippen molar-refractivity contribution >= 4 is 10.0 Å². The van der Waals surface area contributed by atoms with E-state index in [4.69, 9.17) is 9.47 Å². The molecule has 0 amide bonds. The summed E-state index contributed by atoms with van der Waals surface area (Å²) in [6, 6.07) is 10.8. The Kier molecular flexibility index (Phi) is 6.08. The van der Waals surface area contributed by atoms with E-state index in [0.717, 1.165) is 16.7 Å². The molecule has 2 aromatic rings. The van der Waals surface area contributed by atoms with Crippen molar-refractivity contribution < 1.29 is 17.9 Å². The molecule has 6 heteroatoms. The van der Waals surface area contributed by atoms with Gasteiger partial charge in [0.2, 0.25) is 10.0 Å². The maximum Gasteiger partial charge on any atom is 0.242 e. The number of methoxy groups -OCH3 is 2. The summed E-state index contributed by atoms with van der Waals surface area (Å²) in [5.41, 5.74) is 3.03. The smallest absolute Gasteiger partial charge is 0.242 e. The molecule has 0 saturated heterocycles. The van der Waals surface area contributed by atoms with Gasteiger partial charge in [-0.3, -0.25) is 0 Å². The van der Waals surface area contributed by atoms with Gasteiger partial charge in [0, 0.05) is 13.6 Å². The van der Waals surface area contributed by atoms with Crippen molar-refractivity contribution in [3.05, 3.63) is 53.1 Å². The maximum atomic E-state index is 12.7. The highest BCUT2D eigenvalue weighted by molar-refractivity contribution is 7.89. The second kappa shape index (κ2) is 7.89. The summed E-state index contributed by atoms with van der Waals surface area (Å²) < 4.78 is 37.3. The van der Waals surface area contributed by atoms with Crippen LogP contribution in [0.3, 0.4) is 0 Å². The lowest BCUT2D eigenvalue weighted by atomic mass is 10.1. The molecule has 0 atom stereocenters. The molecule has 0 aliphatic heterocycles. The van der Waals surface area contributed by atoms with Gasteiger partial charge in [-0.15, -0.1) is 0 Å². The summed E-state index contributed by atoms with van der Waals surface area (Å²) in [4.78, 5) is 0.324. The van der Waals surface area contributed by atoms with Gasteiger partial charge in [-0.05, 0) is 61.2 Å². The van der Waals surface area contributed by atoms with Gasteiger partial charge in [0.1, 0.15) is 0 Å². The predicted octanol–water partition coefficient (Wildman–Crippen LogP) is 3.18. The van der Waals surface area contributed by atoms with Gasteiger partial charge in [-0.1, -0.05) is 12.1 Å². The van der Waals surface area contributed by atoms with E-state index in [-0.39, 0.29) is 0 Å². The Morgan fingerprint density at radius 2 is 1.60 bits per heavy atom. The third kappa shape index (κ3) is 4.32. The summed E-state index contributed by atoms with van der Waals surface area (Å²) >= 11 is 0. The number of sulfonamides is 1. The largest absolute Gasteiger partial charge is 0.493 e. The summed E-state index contributed by atoms with van der Waals surface area (Å²) in [5, 5.41) is 0. The van der Waals surface area contributed by atoms with Crippen LogP contribution in [0.2, 0.25) is 0 Å².